The summed E-state index contributed by atoms with van der Waals surface area (Å²) in [5.41, 5.74) is 22.5. The molecule has 0 bridgehead atoms. The first-order chi connectivity index (χ1) is 35.5. The van der Waals surface area contributed by atoms with Gasteiger partial charge >= 0.3 is 0 Å². The zero-order valence-electron chi connectivity index (χ0n) is 42.0. The van der Waals surface area contributed by atoms with E-state index >= 15 is 0 Å². The summed E-state index contributed by atoms with van der Waals surface area (Å²) in [5.74, 6) is 1.75. The Labute approximate surface area is 431 Å². The second-order valence-electron chi connectivity index (χ2n) is 22.7. The van der Waals surface area contributed by atoms with Crippen LogP contribution in [0.3, 0.4) is 0 Å². The van der Waals surface area contributed by atoms with E-state index in [-0.39, 0.29) is 10.8 Å². The minimum absolute atomic E-state index is 0.0679. The van der Waals surface area contributed by atoms with Crippen molar-refractivity contribution < 1.29 is 4.74 Å². The number of hydrogen-bond acceptors (Lipinski definition) is 3. The maximum absolute atomic E-state index is 7.61. The molecule has 3 heteroatoms. The fourth-order valence-electron chi connectivity index (χ4n) is 13.6. The first-order valence-corrected chi connectivity index (χ1v) is 26.6. The summed E-state index contributed by atoms with van der Waals surface area (Å²) < 4.78 is 10.1. The molecule has 1 aromatic heterocycles. The summed E-state index contributed by atoms with van der Waals surface area (Å²) in [6.07, 6.45) is 0. The van der Waals surface area contributed by atoms with E-state index in [4.69, 9.17) is 4.74 Å². The summed E-state index contributed by atoms with van der Waals surface area (Å²) >= 11 is 1.87. The van der Waals surface area contributed by atoms with Gasteiger partial charge in [0, 0.05) is 32.3 Å². The Hall–Kier alpha value is -7.98. The molecule has 350 valence electrons. The molecule has 2 spiro atoms. The van der Waals surface area contributed by atoms with Gasteiger partial charge in [0.1, 0.15) is 5.75 Å². The Morgan fingerprint density at radius 3 is 1.44 bits per heavy atom. The first kappa shape index (κ1) is 42.7. The predicted molar refractivity (Wildman–Crippen MR) is 305 cm³/mol. The molecule has 0 saturated heterocycles. The minimum Gasteiger partial charge on any atom is -0.454 e. The Bertz CT molecular complexity index is 4050. The van der Waals surface area contributed by atoms with E-state index in [9.17, 15) is 0 Å². The molecule has 4 aliphatic rings. The molecule has 2 heterocycles. The predicted octanol–water partition coefficient (Wildman–Crippen LogP) is 18.9. The lowest BCUT2D eigenvalue weighted by Gasteiger charge is -2.42. The van der Waals surface area contributed by atoms with Gasteiger partial charge in [-0.05, 0) is 125 Å². The average Bonchev–Trinajstić information content (AvgIpc) is 4.13. The molecule has 0 amide bonds. The first-order valence-electron chi connectivity index (χ1n) is 25.8. The molecule has 11 aromatic rings. The Balaban J connectivity index is 1.06. The van der Waals surface area contributed by atoms with Gasteiger partial charge in [-0.2, -0.15) is 0 Å². The third-order valence-electron chi connectivity index (χ3n) is 16.9. The largest absolute Gasteiger partial charge is 0.454 e. The van der Waals surface area contributed by atoms with Crippen LogP contribution in [0.2, 0.25) is 0 Å². The van der Waals surface area contributed by atoms with Crippen molar-refractivity contribution in [2.24, 2.45) is 0 Å². The average molecular weight is 956 g/mol. The molecule has 10 aromatic carbocycles. The molecule has 0 fully saturated rings. The molecule has 0 saturated carbocycles. The van der Waals surface area contributed by atoms with Crippen LogP contribution in [0.4, 0.5) is 17.1 Å². The summed E-state index contributed by atoms with van der Waals surface area (Å²) in [6, 6.07) is 80.7. The number of hydrogen-bond donors (Lipinski definition) is 0. The lowest BCUT2D eigenvalue weighted by Crippen LogP contribution is -2.33. The number of ether oxygens (including phenoxy) is 1. The highest BCUT2D eigenvalue weighted by Gasteiger charge is 2.54. The second-order valence-corrected chi connectivity index (χ2v) is 23.8. The van der Waals surface area contributed by atoms with Crippen LogP contribution in [0.15, 0.2) is 212 Å². The monoisotopic (exact) mass is 955 g/mol. The Kier molecular flexibility index (Phi) is 8.66. The van der Waals surface area contributed by atoms with Crippen LogP contribution >= 0.6 is 11.3 Å². The van der Waals surface area contributed by atoms with E-state index in [1.165, 1.54) is 104 Å². The summed E-state index contributed by atoms with van der Waals surface area (Å²) in [4.78, 5) is 2.54. The maximum atomic E-state index is 7.61. The van der Waals surface area contributed by atoms with Crippen molar-refractivity contribution in [1.29, 1.82) is 0 Å². The molecular weight excluding hydrogens is 903 g/mol. The zero-order chi connectivity index (χ0) is 49.2. The van der Waals surface area contributed by atoms with Gasteiger partial charge in [0.25, 0.3) is 0 Å². The molecular formula is C70H53NOS. The number of nitrogens with zero attached hydrogens (tertiary/aromatic N) is 1. The van der Waals surface area contributed by atoms with Crippen LogP contribution < -0.4 is 9.64 Å². The highest BCUT2D eigenvalue weighted by Crippen LogP contribution is 2.67. The van der Waals surface area contributed by atoms with Crippen molar-refractivity contribution in [1.82, 2.24) is 0 Å². The van der Waals surface area contributed by atoms with Crippen molar-refractivity contribution >= 4 is 48.6 Å². The molecule has 3 aliphatic carbocycles. The normalized spacial score (nSPS) is 14.8. The number of rotatable bonds is 3. The number of anilines is 3. The Morgan fingerprint density at radius 1 is 0.370 bits per heavy atom. The van der Waals surface area contributed by atoms with Crippen LogP contribution in [-0.4, -0.2) is 0 Å². The van der Waals surface area contributed by atoms with Crippen LogP contribution in [0.25, 0.3) is 53.6 Å². The van der Waals surface area contributed by atoms with E-state index in [2.05, 4.69) is 259 Å². The van der Waals surface area contributed by atoms with E-state index in [0.29, 0.717) is 0 Å². The third kappa shape index (κ3) is 5.58. The van der Waals surface area contributed by atoms with Gasteiger partial charge in [0.2, 0.25) is 0 Å². The minimum atomic E-state index is -0.677. The van der Waals surface area contributed by atoms with Gasteiger partial charge in [-0.1, -0.05) is 217 Å². The van der Waals surface area contributed by atoms with Gasteiger partial charge < -0.3 is 9.64 Å². The molecule has 73 heavy (non-hydrogen) atoms. The van der Waals surface area contributed by atoms with Crippen LogP contribution in [0.1, 0.15) is 97.2 Å². The fourth-order valence-corrected chi connectivity index (χ4v) is 14.8. The van der Waals surface area contributed by atoms with Gasteiger partial charge in [-0.15, -0.1) is 11.3 Å². The standard InChI is InChI=1S/C70H53NOS/c1-67(2,3)42-33-36-48-49-37-34-43(68(4,5)6)40-59(49)70(58(48)39-42)56-27-14-15-31-63(56)72-65-57(70)28-18-29-61(65)71(62-30-17-23-52-51-22-10-16-32-64(51)73-66(52)62)44-35-38-50-47-21-9-13-26-55(47)69(60(50)41-44)53-24-11-7-19-45(53)46-20-8-12-25-54(46)69/h7-41H,1-6H3. The topological polar surface area (TPSA) is 12.5 Å². The highest BCUT2D eigenvalue weighted by molar-refractivity contribution is 7.26. The summed E-state index contributed by atoms with van der Waals surface area (Å²) in [7, 11) is 0. The quantitative estimate of drug-likeness (QED) is 0.175. The Morgan fingerprint density at radius 2 is 0.822 bits per heavy atom. The fraction of sp³-hybridized carbons (Fsp3) is 0.143. The lowest BCUT2D eigenvalue weighted by atomic mass is 9.64. The second kappa shape index (κ2) is 14.8. The van der Waals surface area contributed by atoms with E-state index in [0.717, 1.165) is 34.1 Å². The number of thiophene rings is 1. The molecule has 0 N–H and O–H groups in total. The maximum Gasteiger partial charge on any atom is 0.156 e. The molecule has 15 rings (SSSR count). The van der Waals surface area contributed by atoms with Crippen molar-refractivity contribution in [2.45, 2.75) is 63.2 Å². The third-order valence-corrected chi connectivity index (χ3v) is 18.1. The molecule has 0 unspecified atom stereocenters. The number of para-hydroxylation sites is 2. The van der Waals surface area contributed by atoms with Crippen molar-refractivity contribution in [3.05, 3.63) is 268 Å². The lowest BCUT2D eigenvalue weighted by molar-refractivity contribution is 0.437. The van der Waals surface area contributed by atoms with Gasteiger partial charge in [0.05, 0.1) is 26.9 Å². The molecule has 1 aliphatic heterocycles. The van der Waals surface area contributed by atoms with Gasteiger partial charge in [-0.3, -0.25) is 0 Å². The van der Waals surface area contributed by atoms with E-state index in [1.54, 1.807) is 0 Å². The molecule has 0 radical (unpaired) electrons. The van der Waals surface area contributed by atoms with E-state index < -0.39 is 10.8 Å². The summed E-state index contributed by atoms with van der Waals surface area (Å²) in [5, 5.41) is 2.52. The van der Waals surface area contributed by atoms with Gasteiger partial charge in [-0.25, -0.2) is 0 Å². The number of benzene rings is 10. The highest BCUT2D eigenvalue weighted by atomic mass is 32.1. The van der Waals surface area contributed by atoms with Crippen LogP contribution in [-0.2, 0) is 21.7 Å². The van der Waals surface area contributed by atoms with Crippen molar-refractivity contribution in [3.8, 4) is 44.9 Å². The molecule has 0 atom stereocenters. The van der Waals surface area contributed by atoms with Crippen molar-refractivity contribution in [2.75, 3.05) is 4.90 Å². The zero-order valence-corrected chi connectivity index (χ0v) is 42.8. The van der Waals surface area contributed by atoms with Gasteiger partial charge in [0.15, 0.2) is 5.75 Å². The van der Waals surface area contributed by atoms with Crippen LogP contribution in [0, 0.1) is 0 Å². The summed E-state index contributed by atoms with van der Waals surface area (Å²) in [6.45, 7) is 14.0. The van der Waals surface area contributed by atoms with Crippen molar-refractivity contribution in [3.63, 3.8) is 0 Å². The molecule has 2 nitrogen and oxygen atoms in total. The smallest absolute Gasteiger partial charge is 0.156 e. The van der Waals surface area contributed by atoms with E-state index in [1.807, 2.05) is 11.3 Å². The van der Waals surface area contributed by atoms with Crippen LogP contribution in [0.5, 0.6) is 11.5 Å². The SMILES string of the molecule is CC(C)(C)c1ccc2c(c1)C1(c3ccccc3Oc3c(N(c4ccc5c(c4)C4(c6ccccc6-c6ccccc64)c4ccccc4-5)c4cccc5c4sc4ccccc45)cccc31)c1cc(C(C)(C)C)ccc1-2. The number of fused-ring (bicyclic) bond motifs is 22.